The first-order valence-electron chi connectivity index (χ1n) is 23.1. The number of thioether (sulfide) groups is 6. The molecule has 1 aromatic heterocycles. The average Bonchev–Trinajstić information content (AvgIpc) is 3.84. The van der Waals surface area contributed by atoms with Crippen LogP contribution in [0.1, 0.15) is 226 Å². The molecule has 0 N–H and O–H groups in total. The van der Waals surface area contributed by atoms with Crippen molar-refractivity contribution in [3.05, 3.63) is 28.3 Å². The zero-order chi connectivity index (χ0) is 40.4. The van der Waals surface area contributed by atoms with Crippen molar-refractivity contribution in [2.45, 2.75) is 244 Å². The average molecular weight is 885 g/mol. The second kappa shape index (κ2) is 30.4. The van der Waals surface area contributed by atoms with Gasteiger partial charge in [0.1, 0.15) is 5.60 Å². The maximum atomic E-state index is 13.1. The van der Waals surface area contributed by atoms with E-state index < -0.39 is 5.60 Å². The smallest absolute Gasteiger partial charge is 0.419 e. The molecule has 56 heavy (non-hydrogen) atoms. The Kier molecular flexibility index (Phi) is 27.5. The summed E-state index contributed by atoms with van der Waals surface area (Å²) in [5.41, 5.74) is 1.49. The van der Waals surface area contributed by atoms with Crippen molar-refractivity contribution in [3.8, 4) is 0 Å². The lowest BCUT2D eigenvalue weighted by Gasteiger charge is -2.21. The molecule has 0 saturated carbocycles. The van der Waals surface area contributed by atoms with Crippen LogP contribution in [-0.2, 0) is 4.74 Å². The maximum absolute atomic E-state index is 13.1. The molecule has 0 unspecified atom stereocenters. The summed E-state index contributed by atoms with van der Waals surface area (Å²) in [6.45, 7) is 14.5. The third-order valence-corrected chi connectivity index (χ3v) is 19.7. The summed E-state index contributed by atoms with van der Waals surface area (Å²) in [6.07, 6.45) is 39.3. The predicted molar refractivity (Wildman–Crippen MR) is 262 cm³/mol. The minimum Gasteiger partial charge on any atom is -0.443 e. The molecular formula is C47H81NO2S6. The first-order chi connectivity index (χ1) is 27.2. The molecule has 0 spiro atoms. The Labute approximate surface area is 371 Å². The summed E-state index contributed by atoms with van der Waals surface area (Å²) in [5.74, 6) is 2.46. The van der Waals surface area contributed by atoms with Crippen LogP contribution in [-0.4, -0.2) is 27.8 Å². The van der Waals surface area contributed by atoms with Crippen LogP contribution in [0.2, 0.25) is 0 Å². The summed E-state index contributed by atoms with van der Waals surface area (Å²) in [6, 6.07) is 0. The van der Waals surface area contributed by atoms with Gasteiger partial charge in [-0.05, 0) is 59.0 Å². The van der Waals surface area contributed by atoms with Gasteiger partial charge in [0.25, 0.3) is 0 Å². The lowest BCUT2D eigenvalue weighted by Crippen LogP contribution is -2.28. The third kappa shape index (κ3) is 20.3. The van der Waals surface area contributed by atoms with Gasteiger partial charge in [-0.15, -0.1) is 23.5 Å². The summed E-state index contributed by atoms with van der Waals surface area (Å²) in [7, 11) is 0. The minimum absolute atomic E-state index is 0.270. The predicted octanol–water partition coefficient (Wildman–Crippen LogP) is 19.2. The minimum atomic E-state index is -0.512. The molecule has 3 heterocycles. The second-order valence-corrected chi connectivity index (χ2v) is 24.4. The Hall–Kier alpha value is 0.330. The van der Waals surface area contributed by atoms with Gasteiger partial charge < -0.3 is 4.74 Å². The quantitative estimate of drug-likeness (QED) is 0.0662. The third-order valence-electron chi connectivity index (χ3n) is 10.7. The highest BCUT2D eigenvalue weighted by atomic mass is 32.3. The Morgan fingerprint density at radius 1 is 0.482 bits per heavy atom. The molecule has 0 amide bonds. The van der Waals surface area contributed by atoms with Gasteiger partial charge in [0.15, 0.2) is 0 Å². The molecule has 0 bridgehead atoms. The highest BCUT2D eigenvalue weighted by Crippen LogP contribution is 2.65. The number of nitrogens with zero attached hydrogens (tertiary/aromatic N) is 1. The van der Waals surface area contributed by atoms with Crippen LogP contribution in [0.3, 0.4) is 0 Å². The molecule has 3 nitrogen and oxygen atoms in total. The van der Waals surface area contributed by atoms with E-state index in [0.717, 1.165) is 11.4 Å². The molecule has 0 saturated heterocycles. The van der Waals surface area contributed by atoms with E-state index in [1.807, 2.05) is 67.8 Å². The summed E-state index contributed by atoms with van der Waals surface area (Å²) in [5, 5.41) is 0. The van der Waals surface area contributed by atoms with Gasteiger partial charge in [-0.1, -0.05) is 228 Å². The van der Waals surface area contributed by atoms with E-state index >= 15 is 0 Å². The Morgan fingerprint density at radius 2 is 0.768 bits per heavy atom. The fraction of sp³-hybridized carbons (Fsp3) is 0.809. The SMILES string of the molecule is CCCCCCCCCCCCCCCCSC1=C(SCCCCCCCCCCCCCCCC)SC(=C2Sc3c(c(C)n(C(=O)OC(C)(C)C)c3C)S2)S1. The number of rotatable bonds is 32. The number of carbonyl (C=O) groups excluding carboxylic acids is 1. The first kappa shape index (κ1) is 50.7. The number of hydrogen-bond acceptors (Lipinski definition) is 8. The molecule has 2 aliphatic rings. The number of unbranched alkanes of at least 4 members (excludes halogenated alkanes) is 26. The van der Waals surface area contributed by atoms with Crippen molar-refractivity contribution < 1.29 is 9.53 Å². The van der Waals surface area contributed by atoms with E-state index in [2.05, 4.69) is 51.2 Å². The van der Waals surface area contributed by atoms with E-state index in [4.69, 9.17) is 4.74 Å². The van der Waals surface area contributed by atoms with Crippen molar-refractivity contribution in [1.29, 1.82) is 0 Å². The van der Waals surface area contributed by atoms with Gasteiger partial charge in [-0.2, -0.15) is 0 Å². The lowest BCUT2D eigenvalue weighted by atomic mass is 10.0. The van der Waals surface area contributed by atoms with Crippen LogP contribution in [0.5, 0.6) is 0 Å². The van der Waals surface area contributed by atoms with Gasteiger partial charge in [0.05, 0.1) is 16.9 Å². The van der Waals surface area contributed by atoms with Gasteiger partial charge >= 0.3 is 6.09 Å². The van der Waals surface area contributed by atoms with Crippen molar-refractivity contribution >= 4 is 76.7 Å². The molecular weight excluding hydrogens is 803 g/mol. The molecule has 322 valence electrons. The van der Waals surface area contributed by atoms with Crippen molar-refractivity contribution in [2.24, 2.45) is 0 Å². The number of carbonyl (C=O) groups is 1. The molecule has 3 rings (SSSR count). The Balaban J connectivity index is 1.41. The highest BCUT2D eigenvalue weighted by Gasteiger charge is 2.34. The van der Waals surface area contributed by atoms with E-state index in [-0.39, 0.29) is 6.09 Å². The fourth-order valence-electron chi connectivity index (χ4n) is 7.35. The van der Waals surface area contributed by atoms with Crippen molar-refractivity contribution in [3.63, 3.8) is 0 Å². The normalized spacial score (nSPS) is 14.5. The van der Waals surface area contributed by atoms with Crippen LogP contribution < -0.4 is 0 Å². The molecule has 0 aliphatic carbocycles. The van der Waals surface area contributed by atoms with E-state index in [1.165, 1.54) is 218 Å². The number of ether oxygens (including phenoxy) is 1. The summed E-state index contributed by atoms with van der Waals surface area (Å²) >= 11 is 12.0. The van der Waals surface area contributed by atoms with E-state index in [9.17, 15) is 4.79 Å². The topological polar surface area (TPSA) is 31.2 Å². The summed E-state index contributed by atoms with van der Waals surface area (Å²) in [4.78, 5) is 15.5. The highest BCUT2D eigenvalue weighted by molar-refractivity contribution is 8.42. The molecule has 2 aliphatic heterocycles. The van der Waals surface area contributed by atoms with Gasteiger partial charge in [0.2, 0.25) is 0 Å². The number of hydrogen-bond donors (Lipinski definition) is 0. The largest absolute Gasteiger partial charge is 0.443 e. The zero-order valence-electron chi connectivity index (χ0n) is 36.9. The second-order valence-electron chi connectivity index (χ2n) is 17.1. The first-order valence-corrected chi connectivity index (χ1v) is 28.3. The van der Waals surface area contributed by atoms with Crippen LogP contribution >= 0.6 is 70.6 Å². The molecule has 9 heteroatoms. The van der Waals surface area contributed by atoms with Gasteiger partial charge in [-0.25, -0.2) is 4.79 Å². The fourth-order valence-corrected chi connectivity index (χ4v) is 16.4. The van der Waals surface area contributed by atoms with Crippen molar-refractivity contribution in [1.82, 2.24) is 4.57 Å². The summed E-state index contributed by atoms with van der Waals surface area (Å²) < 4.78 is 13.4. The Morgan fingerprint density at radius 3 is 1.07 bits per heavy atom. The van der Waals surface area contributed by atoms with Crippen molar-refractivity contribution in [2.75, 3.05) is 11.5 Å². The maximum Gasteiger partial charge on any atom is 0.419 e. The molecule has 1 aromatic rings. The molecule has 0 radical (unpaired) electrons. The van der Waals surface area contributed by atoms with Crippen LogP contribution in [0.4, 0.5) is 4.79 Å². The Bertz CT molecular complexity index is 1230. The van der Waals surface area contributed by atoms with Gasteiger partial charge in [-0.3, -0.25) is 4.57 Å². The van der Waals surface area contributed by atoms with Crippen LogP contribution in [0.15, 0.2) is 26.7 Å². The monoisotopic (exact) mass is 883 g/mol. The van der Waals surface area contributed by atoms with Gasteiger partial charge in [0, 0.05) is 21.2 Å². The lowest BCUT2D eigenvalue weighted by molar-refractivity contribution is 0.0530. The number of fused-ring (bicyclic) bond motifs is 1. The zero-order valence-corrected chi connectivity index (χ0v) is 41.8. The number of aromatic nitrogens is 1. The molecule has 0 fully saturated rings. The van der Waals surface area contributed by atoms with Crippen LogP contribution in [0, 0.1) is 13.8 Å². The van der Waals surface area contributed by atoms with Crippen LogP contribution in [0.25, 0.3) is 0 Å². The standard InChI is InChI=1S/C47H81NO2S6/c1-8-10-12-14-16-18-20-22-24-26-28-30-32-34-36-51-42-43(52-37-35-33-31-29-27-25-23-21-19-17-15-13-11-9-2)56-45(55-42)44-53-40-38(3)48(39(4)41(40)54-44)46(49)50-47(5,6)7/h8-37H2,1-7H3. The van der Waals surface area contributed by atoms with E-state index in [0.29, 0.717) is 0 Å². The van der Waals surface area contributed by atoms with E-state index in [1.54, 1.807) is 4.57 Å². The molecule has 0 aromatic carbocycles. The molecule has 0 atom stereocenters.